The molecule has 98 valence electrons. The number of nitro groups is 1. The molecule has 0 aromatic carbocycles. The van der Waals surface area contributed by atoms with Crippen molar-refractivity contribution in [3.05, 3.63) is 50.4 Å². The summed E-state index contributed by atoms with van der Waals surface area (Å²) in [6.45, 7) is 1.73. The number of aryl methyl sites for hydroxylation is 1. The van der Waals surface area contributed by atoms with Crippen molar-refractivity contribution < 1.29 is 14.1 Å². The van der Waals surface area contributed by atoms with Crippen molar-refractivity contribution >= 4 is 33.4 Å². The first-order valence-electron chi connectivity index (χ1n) is 5.16. The van der Waals surface area contributed by atoms with Crippen LogP contribution in [0.4, 0.5) is 11.6 Å². The first-order valence-corrected chi connectivity index (χ1v) is 5.95. The number of rotatable bonds is 3. The van der Waals surface area contributed by atoms with Crippen LogP contribution in [0.1, 0.15) is 16.2 Å². The number of pyridine rings is 1. The topological polar surface area (TPSA) is 98.3 Å². The van der Waals surface area contributed by atoms with E-state index in [0.29, 0.717) is 16.0 Å². The van der Waals surface area contributed by atoms with Crippen LogP contribution in [0.2, 0.25) is 0 Å². The van der Waals surface area contributed by atoms with E-state index in [0.717, 1.165) is 6.07 Å². The number of hydrogen-bond acceptors (Lipinski definition) is 5. The van der Waals surface area contributed by atoms with Gasteiger partial charge >= 0.3 is 5.88 Å². The van der Waals surface area contributed by atoms with Crippen LogP contribution in [0.3, 0.4) is 0 Å². The molecule has 0 radical (unpaired) electrons. The Bertz CT molecular complexity index is 653. The van der Waals surface area contributed by atoms with Crippen LogP contribution in [-0.4, -0.2) is 15.8 Å². The molecule has 1 amide bonds. The highest BCUT2D eigenvalue weighted by molar-refractivity contribution is 9.10. The van der Waals surface area contributed by atoms with Gasteiger partial charge in [0.2, 0.25) is 0 Å². The summed E-state index contributed by atoms with van der Waals surface area (Å²) >= 11 is 3.21. The summed E-state index contributed by atoms with van der Waals surface area (Å²) in [5.74, 6) is -1.18. The summed E-state index contributed by atoms with van der Waals surface area (Å²) < 4.78 is 5.45. The van der Waals surface area contributed by atoms with Gasteiger partial charge in [-0.3, -0.25) is 14.9 Å². The maximum absolute atomic E-state index is 11.8. The molecule has 0 unspecified atom stereocenters. The Morgan fingerprint density at radius 2 is 2.16 bits per heavy atom. The molecule has 8 heteroatoms. The minimum atomic E-state index is -0.705. The van der Waals surface area contributed by atoms with Crippen molar-refractivity contribution in [2.45, 2.75) is 6.92 Å². The van der Waals surface area contributed by atoms with E-state index in [-0.39, 0.29) is 5.76 Å². The molecule has 0 saturated heterocycles. The highest BCUT2D eigenvalue weighted by Gasteiger charge is 2.17. The lowest BCUT2D eigenvalue weighted by Crippen LogP contribution is -2.12. The smallest absolute Gasteiger partial charge is 0.395 e. The van der Waals surface area contributed by atoms with Gasteiger partial charge in [-0.15, -0.1) is 0 Å². The molecule has 0 bridgehead atoms. The Hall–Kier alpha value is -2.22. The molecule has 0 aliphatic carbocycles. The molecule has 0 saturated carbocycles. The van der Waals surface area contributed by atoms with E-state index in [2.05, 4.69) is 26.2 Å². The SMILES string of the molecule is Cc1nc(Br)ccc1NC(=O)c1ccc([N+](=O)[O-])o1. The van der Waals surface area contributed by atoms with Crippen LogP contribution in [0.25, 0.3) is 0 Å². The Morgan fingerprint density at radius 3 is 2.74 bits per heavy atom. The average molecular weight is 326 g/mol. The van der Waals surface area contributed by atoms with E-state index < -0.39 is 16.7 Å². The van der Waals surface area contributed by atoms with Gasteiger partial charge in [0.25, 0.3) is 5.91 Å². The second-order valence-corrected chi connectivity index (χ2v) is 4.43. The molecule has 2 aromatic heterocycles. The van der Waals surface area contributed by atoms with Crippen molar-refractivity contribution in [2.75, 3.05) is 5.32 Å². The number of aromatic nitrogens is 1. The van der Waals surface area contributed by atoms with Crippen LogP contribution in [-0.2, 0) is 0 Å². The molecule has 0 aliphatic rings. The molecular weight excluding hydrogens is 318 g/mol. The zero-order chi connectivity index (χ0) is 14.0. The van der Waals surface area contributed by atoms with Crippen LogP contribution >= 0.6 is 15.9 Å². The first kappa shape index (κ1) is 13.2. The number of anilines is 1. The molecule has 2 heterocycles. The minimum absolute atomic E-state index is 0.131. The lowest BCUT2D eigenvalue weighted by atomic mass is 10.3. The molecule has 0 fully saturated rings. The van der Waals surface area contributed by atoms with Gasteiger partial charge in [0.05, 0.1) is 17.4 Å². The van der Waals surface area contributed by atoms with E-state index in [9.17, 15) is 14.9 Å². The third-order valence-corrected chi connectivity index (χ3v) is 2.74. The van der Waals surface area contributed by atoms with Gasteiger partial charge in [0, 0.05) is 0 Å². The first-order chi connectivity index (χ1) is 8.97. The molecule has 0 spiro atoms. The quantitative estimate of drug-likeness (QED) is 0.531. The Labute approximate surface area is 115 Å². The van der Waals surface area contributed by atoms with Crippen LogP contribution in [0, 0.1) is 17.0 Å². The van der Waals surface area contributed by atoms with E-state index in [4.69, 9.17) is 4.42 Å². The van der Waals surface area contributed by atoms with Gasteiger partial charge < -0.3 is 9.73 Å². The lowest BCUT2D eigenvalue weighted by molar-refractivity contribution is -0.402. The van der Waals surface area contributed by atoms with Gasteiger partial charge in [-0.2, -0.15) is 0 Å². The van der Waals surface area contributed by atoms with Crippen molar-refractivity contribution in [3.63, 3.8) is 0 Å². The van der Waals surface area contributed by atoms with E-state index in [1.165, 1.54) is 6.07 Å². The number of furan rings is 1. The normalized spacial score (nSPS) is 10.2. The summed E-state index contributed by atoms with van der Waals surface area (Å²) in [4.78, 5) is 25.7. The fourth-order valence-electron chi connectivity index (χ4n) is 1.39. The van der Waals surface area contributed by atoms with Gasteiger partial charge in [-0.05, 0) is 41.1 Å². The largest absolute Gasteiger partial charge is 0.433 e. The van der Waals surface area contributed by atoms with Crippen molar-refractivity contribution in [2.24, 2.45) is 0 Å². The third kappa shape index (κ3) is 2.97. The van der Waals surface area contributed by atoms with Crippen molar-refractivity contribution in [1.29, 1.82) is 0 Å². The highest BCUT2D eigenvalue weighted by Crippen LogP contribution is 2.19. The van der Waals surface area contributed by atoms with E-state index >= 15 is 0 Å². The number of halogens is 1. The molecule has 0 atom stereocenters. The second-order valence-electron chi connectivity index (χ2n) is 3.62. The number of carbonyl (C=O) groups excluding carboxylic acids is 1. The molecule has 19 heavy (non-hydrogen) atoms. The molecular formula is C11H8BrN3O4. The zero-order valence-corrected chi connectivity index (χ0v) is 11.3. The van der Waals surface area contributed by atoms with Crippen LogP contribution < -0.4 is 5.32 Å². The summed E-state index contributed by atoms with van der Waals surface area (Å²) in [5, 5.41) is 13.0. The predicted molar refractivity (Wildman–Crippen MR) is 70.0 cm³/mol. The zero-order valence-electron chi connectivity index (χ0n) is 9.71. The summed E-state index contributed by atoms with van der Waals surface area (Å²) in [5.41, 5.74) is 1.12. The van der Waals surface area contributed by atoms with Crippen molar-refractivity contribution in [1.82, 2.24) is 4.98 Å². The fourth-order valence-corrected chi connectivity index (χ4v) is 1.79. The third-order valence-electron chi connectivity index (χ3n) is 2.30. The Morgan fingerprint density at radius 1 is 1.42 bits per heavy atom. The van der Waals surface area contributed by atoms with Gasteiger partial charge in [0.1, 0.15) is 9.53 Å². The molecule has 2 rings (SSSR count). The Balaban J connectivity index is 2.18. The highest BCUT2D eigenvalue weighted by atomic mass is 79.9. The molecule has 0 aliphatic heterocycles. The maximum Gasteiger partial charge on any atom is 0.433 e. The summed E-state index contributed by atoms with van der Waals surface area (Å²) in [6, 6.07) is 5.71. The minimum Gasteiger partial charge on any atom is -0.395 e. The Kier molecular flexibility index (Phi) is 3.61. The lowest BCUT2D eigenvalue weighted by Gasteiger charge is -2.05. The monoisotopic (exact) mass is 325 g/mol. The molecule has 2 aromatic rings. The molecule has 7 nitrogen and oxygen atoms in total. The van der Waals surface area contributed by atoms with Gasteiger partial charge in [0.15, 0.2) is 5.76 Å². The van der Waals surface area contributed by atoms with Gasteiger partial charge in [-0.25, -0.2) is 4.98 Å². The fraction of sp³-hybridized carbons (Fsp3) is 0.0909. The number of nitrogens with one attached hydrogen (secondary N) is 1. The van der Waals surface area contributed by atoms with Gasteiger partial charge in [-0.1, -0.05) is 0 Å². The van der Waals surface area contributed by atoms with E-state index in [1.807, 2.05) is 0 Å². The van der Waals surface area contributed by atoms with Crippen molar-refractivity contribution in [3.8, 4) is 0 Å². The number of carbonyl (C=O) groups is 1. The number of hydrogen-bond donors (Lipinski definition) is 1. The van der Waals surface area contributed by atoms with Crippen LogP contribution in [0.5, 0.6) is 0 Å². The van der Waals surface area contributed by atoms with E-state index in [1.54, 1.807) is 19.1 Å². The second kappa shape index (κ2) is 5.19. The standard InChI is InChI=1S/C11H8BrN3O4/c1-6-7(2-4-9(12)13-6)14-11(16)8-3-5-10(19-8)15(17)18/h2-5H,1H3,(H,14,16). The summed E-state index contributed by atoms with van der Waals surface area (Å²) in [7, 11) is 0. The number of nitrogens with zero attached hydrogens (tertiary/aromatic N) is 2. The summed E-state index contributed by atoms with van der Waals surface area (Å²) in [6.07, 6.45) is 0. The maximum atomic E-state index is 11.8. The van der Waals surface area contributed by atoms with Crippen LogP contribution in [0.15, 0.2) is 33.3 Å². The number of amides is 1. The average Bonchev–Trinajstić information content (AvgIpc) is 2.82. The predicted octanol–water partition coefficient (Wildman–Crippen LogP) is 2.91. The molecule has 1 N–H and O–H groups in total.